The second-order valence-corrected chi connectivity index (χ2v) is 3.92. The number of nitrogens with zero attached hydrogens (tertiary/aromatic N) is 1. The van der Waals surface area contributed by atoms with Crippen molar-refractivity contribution >= 4 is 18.4 Å². The lowest BCUT2D eigenvalue weighted by molar-refractivity contribution is 0.0327. The summed E-state index contributed by atoms with van der Waals surface area (Å²) < 4.78 is 0. The van der Waals surface area contributed by atoms with Crippen LogP contribution >= 0.6 is 12.6 Å². The van der Waals surface area contributed by atoms with E-state index >= 15 is 0 Å². The van der Waals surface area contributed by atoms with Crippen LogP contribution in [0.4, 0.5) is 5.82 Å². The lowest BCUT2D eigenvalue weighted by atomic mass is 9.99. The van der Waals surface area contributed by atoms with Gasteiger partial charge in [-0.25, -0.2) is 4.98 Å². The molecule has 0 aliphatic rings. The molecule has 4 nitrogen and oxygen atoms in total. The predicted octanol–water partition coefficient (Wildman–Crippen LogP) is 0.605. The zero-order valence-electron chi connectivity index (χ0n) is 8.81. The van der Waals surface area contributed by atoms with Crippen molar-refractivity contribution in [2.24, 2.45) is 0 Å². The minimum absolute atomic E-state index is 0.199. The van der Waals surface area contributed by atoms with Crippen LogP contribution in [0.2, 0.25) is 0 Å². The Morgan fingerprint density at radius 1 is 1.47 bits per heavy atom. The maximum absolute atomic E-state index is 9.86. The Hall–Kier alpha value is -0.780. The number of aromatic nitrogens is 1. The smallest absolute Gasteiger partial charge is 0.123 e. The van der Waals surface area contributed by atoms with Crippen molar-refractivity contribution in [3.05, 3.63) is 22.9 Å². The van der Waals surface area contributed by atoms with Crippen LogP contribution in [0.25, 0.3) is 0 Å². The van der Waals surface area contributed by atoms with Gasteiger partial charge in [0.2, 0.25) is 0 Å². The summed E-state index contributed by atoms with van der Waals surface area (Å²) in [5, 5.41) is 19.4. The van der Waals surface area contributed by atoms with Gasteiger partial charge in [-0.05, 0) is 25.5 Å². The quantitative estimate of drug-likeness (QED) is 0.571. The first-order chi connectivity index (χ1) is 6.97. The van der Waals surface area contributed by atoms with Crippen molar-refractivity contribution in [2.45, 2.75) is 26.1 Å². The van der Waals surface area contributed by atoms with E-state index in [1.807, 2.05) is 6.92 Å². The fraction of sp³-hybridized carbons (Fsp3) is 0.500. The Bertz CT molecular complexity index is 334. The Balaban J connectivity index is 3.13. The zero-order chi connectivity index (χ0) is 11.6. The highest BCUT2D eigenvalue weighted by atomic mass is 32.1. The fourth-order valence-corrected chi connectivity index (χ4v) is 1.81. The summed E-state index contributed by atoms with van der Waals surface area (Å²) in [4.78, 5) is 4.05. The first-order valence-corrected chi connectivity index (χ1v) is 5.31. The third-order valence-corrected chi connectivity index (χ3v) is 2.70. The van der Waals surface area contributed by atoms with Crippen molar-refractivity contribution in [2.75, 3.05) is 11.5 Å². The molecule has 0 aromatic carbocycles. The monoisotopic (exact) mass is 228 g/mol. The van der Waals surface area contributed by atoms with Crippen LogP contribution in [0, 0.1) is 13.8 Å². The molecule has 0 spiro atoms. The van der Waals surface area contributed by atoms with E-state index in [4.69, 9.17) is 5.73 Å². The molecule has 15 heavy (non-hydrogen) atoms. The van der Waals surface area contributed by atoms with E-state index < -0.39 is 12.2 Å². The Labute approximate surface area is 94.6 Å². The van der Waals surface area contributed by atoms with Crippen molar-refractivity contribution in [3.63, 3.8) is 0 Å². The van der Waals surface area contributed by atoms with Gasteiger partial charge in [0.15, 0.2) is 0 Å². The van der Waals surface area contributed by atoms with Gasteiger partial charge in [0.05, 0.1) is 6.10 Å². The average Bonchev–Trinajstić information content (AvgIpc) is 2.14. The molecule has 4 N–H and O–H groups in total. The summed E-state index contributed by atoms with van der Waals surface area (Å²) in [7, 11) is 0. The topological polar surface area (TPSA) is 79.4 Å². The second kappa shape index (κ2) is 4.83. The van der Waals surface area contributed by atoms with Crippen molar-refractivity contribution in [3.8, 4) is 0 Å². The van der Waals surface area contributed by atoms with E-state index in [0.29, 0.717) is 17.1 Å². The van der Waals surface area contributed by atoms with Gasteiger partial charge in [-0.2, -0.15) is 12.6 Å². The summed E-state index contributed by atoms with van der Waals surface area (Å²) in [6.45, 7) is 3.59. The van der Waals surface area contributed by atoms with Crippen LogP contribution in [0.3, 0.4) is 0 Å². The lowest BCUT2D eigenvalue weighted by Gasteiger charge is -2.20. The number of pyridine rings is 1. The molecule has 0 aliphatic heterocycles. The van der Waals surface area contributed by atoms with Gasteiger partial charge in [-0.1, -0.05) is 0 Å². The number of hydrogen-bond acceptors (Lipinski definition) is 5. The van der Waals surface area contributed by atoms with E-state index in [1.165, 1.54) is 0 Å². The van der Waals surface area contributed by atoms with Crippen molar-refractivity contribution < 1.29 is 10.2 Å². The fourth-order valence-electron chi connectivity index (χ4n) is 1.61. The van der Waals surface area contributed by atoms with Gasteiger partial charge in [-0.3, -0.25) is 0 Å². The van der Waals surface area contributed by atoms with E-state index in [-0.39, 0.29) is 5.75 Å². The van der Waals surface area contributed by atoms with Crippen molar-refractivity contribution in [1.82, 2.24) is 4.98 Å². The number of aliphatic hydroxyl groups excluding tert-OH is 2. The predicted molar refractivity (Wildman–Crippen MR) is 62.9 cm³/mol. The molecule has 1 heterocycles. The first kappa shape index (κ1) is 12.3. The summed E-state index contributed by atoms with van der Waals surface area (Å²) in [6.07, 6.45) is -1.85. The van der Waals surface area contributed by atoms with Gasteiger partial charge in [0.1, 0.15) is 11.9 Å². The summed E-state index contributed by atoms with van der Waals surface area (Å²) in [5.74, 6) is 0.617. The molecule has 1 aromatic rings. The first-order valence-electron chi connectivity index (χ1n) is 4.68. The molecule has 0 saturated heterocycles. The van der Waals surface area contributed by atoms with Gasteiger partial charge in [0.25, 0.3) is 0 Å². The number of thiol groups is 1. The largest absolute Gasteiger partial charge is 0.389 e. The maximum atomic E-state index is 9.86. The molecule has 1 aromatic heterocycles. The zero-order valence-corrected chi connectivity index (χ0v) is 9.70. The van der Waals surface area contributed by atoms with Crippen LogP contribution in [-0.4, -0.2) is 27.1 Å². The van der Waals surface area contributed by atoms with Crippen LogP contribution in [0.1, 0.15) is 22.9 Å². The van der Waals surface area contributed by atoms with E-state index in [2.05, 4.69) is 17.6 Å². The second-order valence-electron chi connectivity index (χ2n) is 3.56. The highest BCUT2D eigenvalue weighted by molar-refractivity contribution is 7.80. The number of nitrogen functional groups attached to an aromatic ring is 1. The number of hydrogen-bond donors (Lipinski definition) is 4. The molecule has 2 unspecified atom stereocenters. The van der Waals surface area contributed by atoms with Crippen LogP contribution in [0.5, 0.6) is 0 Å². The van der Waals surface area contributed by atoms with Gasteiger partial charge < -0.3 is 15.9 Å². The molecule has 2 atom stereocenters. The van der Waals surface area contributed by atoms with Crippen LogP contribution in [-0.2, 0) is 0 Å². The van der Waals surface area contributed by atoms with Gasteiger partial charge in [-0.15, -0.1) is 0 Å². The maximum Gasteiger partial charge on any atom is 0.123 e. The molecule has 0 amide bonds. The van der Waals surface area contributed by atoms with Crippen molar-refractivity contribution in [1.29, 1.82) is 0 Å². The minimum Gasteiger partial charge on any atom is -0.389 e. The normalized spacial score (nSPS) is 15.0. The number of aliphatic hydroxyl groups is 2. The Morgan fingerprint density at radius 3 is 2.53 bits per heavy atom. The van der Waals surface area contributed by atoms with E-state index in [9.17, 15) is 10.2 Å². The van der Waals surface area contributed by atoms with E-state index in [1.54, 1.807) is 13.0 Å². The molecule has 0 saturated carbocycles. The number of anilines is 1. The van der Waals surface area contributed by atoms with E-state index in [0.717, 1.165) is 5.56 Å². The summed E-state index contributed by atoms with van der Waals surface area (Å²) in [5.41, 5.74) is 7.66. The van der Waals surface area contributed by atoms with Gasteiger partial charge in [0, 0.05) is 17.0 Å². The Morgan fingerprint density at radius 2 is 2.07 bits per heavy atom. The molecular formula is C10H16N2O2S. The molecule has 5 heteroatoms. The van der Waals surface area contributed by atoms with Gasteiger partial charge >= 0.3 is 0 Å². The number of rotatable bonds is 3. The Kier molecular flexibility index (Phi) is 3.96. The SMILES string of the molecule is Cc1cc(N)nc(C)c1C(O)C(O)CS. The number of nitrogens with two attached hydrogens (primary N) is 1. The average molecular weight is 228 g/mol. The molecule has 0 bridgehead atoms. The van der Waals surface area contributed by atoms with Crippen LogP contribution < -0.4 is 5.73 Å². The third kappa shape index (κ3) is 2.62. The molecule has 84 valence electrons. The highest BCUT2D eigenvalue weighted by Gasteiger charge is 2.21. The van der Waals surface area contributed by atoms with Crippen LogP contribution in [0.15, 0.2) is 6.07 Å². The standard InChI is InChI=1S/C10H16N2O2S/c1-5-3-8(11)12-6(2)9(5)10(14)7(13)4-15/h3,7,10,13-15H,4H2,1-2H3,(H2,11,12). The third-order valence-electron chi connectivity index (χ3n) is 2.32. The summed E-state index contributed by atoms with van der Waals surface area (Å²) in [6, 6.07) is 1.68. The minimum atomic E-state index is -0.962. The molecular weight excluding hydrogens is 212 g/mol. The lowest BCUT2D eigenvalue weighted by Crippen LogP contribution is -2.22. The molecule has 0 radical (unpaired) electrons. The molecule has 0 fully saturated rings. The number of aryl methyl sites for hydroxylation is 2. The molecule has 1 rings (SSSR count). The molecule has 0 aliphatic carbocycles. The highest BCUT2D eigenvalue weighted by Crippen LogP contribution is 2.25. The summed E-state index contributed by atoms with van der Waals surface area (Å²) >= 11 is 3.94.